The summed E-state index contributed by atoms with van der Waals surface area (Å²) < 4.78 is 0.878. The van der Waals surface area contributed by atoms with Crippen LogP contribution >= 0.6 is 22.9 Å². The molecule has 2 atom stereocenters. The zero-order valence-electron chi connectivity index (χ0n) is 8.80. The van der Waals surface area contributed by atoms with Gasteiger partial charge < -0.3 is 5.32 Å². The lowest BCUT2D eigenvalue weighted by molar-refractivity contribution is 0.496. The highest BCUT2D eigenvalue weighted by Gasteiger charge is 2.45. The van der Waals surface area contributed by atoms with Crippen molar-refractivity contribution in [3.05, 3.63) is 21.3 Å². The zero-order chi connectivity index (χ0) is 10.3. The highest BCUT2D eigenvalue weighted by molar-refractivity contribution is 7.16. The Balaban J connectivity index is 1.94. The molecular weight excluding hydrogens is 214 g/mol. The van der Waals surface area contributed by atoms with Crippen LogP contribution in [0.5, 0.6) is 0 Å². The molecule has 1 aromatic rings. The fraction of sp³-hybridized carbons (Fsp3) is 0.636. The summed E-state index contributed by atoms with van der Waals surface area (Å²) in [5, 5.41) is 3.63. The van der Waals surface area contributed by atoms with Crippen LogP contribution in [0.15, 0.2) is 12.1 Å². The first-order chi connectivity index (χ1) is 6.49. The van der Waals surface area contributed by atoms with Crippen LogP contribution in [0, 0.1) is 5.41 Å². The van der Waals surface area contributed by atoms with E-state index in [-0.39, 0.29) is 0 Å². The molecule has 0 amide bonds. The zero-order valence-corrected chi connectivity index (χ0v) is 10.4. The predicted octanol–water partition coefficient (Wildman–Crippen LogP) is 3.85. The molecule has 0 saturated heterocycles. The molecule has 14 heavy (non-hydrogen) atoms. The summed E-state index contributed by atoms with van der Waals surface area (Å²) in [5.41, 5.74) is 0.495. The predicted molar refractivity (Wildman–Crippen MR) is 63.1 cm³/mol. The van der Waals surface area contributed by atoms with Crippen LogP contribution < -0.4 is 5.32 Å². The summed E-state index contributed by atoms with van der Waals surface area (Å²) in [5.74, 6) is 0. The smallest absolute Gasteiger partial charge is 0.0931 e. The topological polar surface area (TPSA) is 12.0 Å². The van der Waals surface area contributed by atoms with Gasteiger partial charge in [0.15, 0.2) is 0 Å². The molecule has 78 valence electrons. The fourth-order valence-electron chi connectivity index (χ4n) is 1.70. The highest BCUT2D eigenvalue weighted by atomic mass is 35.5. The van der Waals surface area contributed by atoms with Gasteiger partial charge in [-0.15, -0.1) is 11.3 Å². The first-order valence-corrected chi connectivity index (χ1v) is 6.20. The molecule has 1 aromatic heterocycles. The lowest BCUT2D eigenvalue weighted by Gasteiger charge is -2.13. The van der Waals surface area contributed by atoms with Crippen molar-refractivity contribution in [3.63, 3.8) is 0 Å². The van der Waals surface area contributed by atoms with E-state index in [1.807, 2.05) is 6.07 Å². The molecule has 0 radical (unpaired) electrons. The van der Waals surface area contributed by atoms with Crippen molar-refractivity contribution in [3.8, 4) is 0 Å². The third-order valence-electron chi connectivity index (χ3n) is 2.99. The van der Waals surface area contributed by atoms with Gasteiger partial charge in [-0.1, -0.05) is 25.4 Å². The summed E-state index contributed by atoms with van der Waals surface area (Å²) in [6.07, 6.45) is 1.29. The standard InChI is InChI=1S/C11H16ClNS/c1-7(8-4-5-10(12)14-8)13-9-6-11(9,2)3/h4-5,7,9,13H,6H2,1-3H3. The van der Waals surface area contributed by atoms with Crippen molar-refractivity contribution in [2.24, 2.45) is 5.41 Å². The van der Waals surface area contributed by atoms with Crippen LogP contribution in [0.4, 0.5) is 0 Å². The van der Waals surface area contributed by atoms with Crippen LogP contribution in [0.3, 0.4) is 0 Å². The Hall–Kier alpha value is -0.0500. The molecule has 1 nitrogen and oxygen atoms in total. The first kappa shape index (κ1) is 10.5. The molecule has 1 aliphatic carbocycles. The van der Waals surface area contributed by atoms with Crippen LogP contribution in [0.1, 0.15) is 38.1 Å². The van der Waals surface area contributed by atoms with E-state index in [0.29, 0.717) is 17.5 Å². The molecule has 3 heteroatoms. The van der Waals surface area contributed by atoms with E-state index < -0.39 is 0 Å². The first-order valence-electron chi connectivity index (χ1n) is 5.00. The molecule has 1 N–H and O–H groups in total. The largest absolute Gasteiger partial charge is 0.306 e. The summed E-state index contributed by atoms with van der Waals surface area (Å²) in [6, 6.07) is 5.19. The second-order valence-corrected chi connectivity index (χ2v) is 6.52. The Morgan fingerprint density at radius 3 is 2.64 bits per heavy atom. The van der Waals surface area contributed by atoms with Gasteiger partial charge in [0.1, 0.15) is 0 Å². The molecule has 1 heterocycles. The van der Waals surface area contributed by atoms with E-state index >= 15 is 0 Å². The quantitative estimate of drug-likeness (QED) is 0.830. The molecule has 0 aromatic carbocycles. The average molecular weight is 230 g/mol. The Morgan fingerprint density at radius 1 is 1.57 bits per heavy atom. The van der Waals surface area contributed by atoms with Crippen LogP contribution in [0.2, 0.25) is 4.34 Å². The number of hydrogen-bond donors (Lipinski definition) is 1. The molecule has 1 saturated carbocycles. The minimum atomic E-state index is 0.430. The SMILES string of the molecule is CC(NC1CC1(C)C)c1ccc(Cl)s1. The molecule has 2 unspecified atom stereocenters. The maximum atomic E-state index is 5.90. The molecule has 0 spiro atoms. The van der Waals surface area contributed by atoms with Gasteiger partial charge in [-0.2, -0.15) is 0 Å². The summed E-state index contributed by atoms with van der Waals surface area (Å²) in [6.45, 7) is 6.81. The molecular formula is C11H16ClNS. The van der Waals surface area contributed by atoms with Crippen molar-refractivity contribution in [2.45, 2.75) is 39.3 Å². The lowest BCUT2D eigenvalue weighted by atomic mass is 10.2. The summed E-state index contributed by atoms with van der Waals surface area (Å²) >= 11 is 7.57. The monoisotopic (exact) mass is 229 g/mol. The van der Waals surface area contributed by atoms with Crippen molar-refractivity contribution in [1.82, 2.24) is 5.32 Å². The summed E-state index contributed by atoms with van der Waals surface area (Å²) in [7, 11) is 0. The van der Waals surface area contributed by atoms with Crippen LogP contribution in [-0.2, 0) is 0 Å². The molecule has 1 fully saturated rings. The Kier molecular flexibility index (Phi) is 2.63. The Bertz CT molecular complexity index is 332. The number of hydrogen-bond acceptors (Lipinski definition) is 2. The maximum absolute atomic E-state index is 5.90. The number of rotatable bonds is 3. The molecule has 2 rings (SSSR count). The average Bonchev–Trinajstić information content (AvgIpc) is 2.52. The highest BCUT2D eigenvalue weighted by Crippen LogP contribution is 2.46. The van der Waals surface area contributed by atoms with Crippen molar-refractivity contribution in [1.29, 1.82) is 0 Å². The normalized spacial score (nSPS) is 26.1. The Labute approximate surface area is 94.5 Å². The van der Waals surface area contributed by atoms with E-state index in [2.05, 4.69) is 32.2 Å². The van der Waals surface area contributed by atoms with E-state index in [0.717, 1.165) is 4.34 Å². The van der Waals surface area contributed by atoms with Crippen molar-refractivity contribution >= 4 is 22.9 Å². The minimum Gasteiger partial charge on any atom is -0.306 e. The number of thiophene rings is 1. The van der Waals surface area contributed by atoms with E-state index in [1.54, 1.807) is 11.3 Å². The van der Waals surface area contributed by atoms with E-state index in [1.165, 1.54) is 11.3 Å². The van der Waals surface area contributed by atoms with E-state index in [4.69, 9.17) is 11.6 Å². The third-order valence-corrected chi connectivity index (χ3v) is 4.40. The van der Waals surface area contributed by atoms with Gasteiger partial charge in [-0.05, 0) is 30.9 Å². The van der Waals surface area contributed by atoms with Gasteiger partial charge in [0.25, 0.3) is 0 Å². The maximum Gasteiger partial charge on any atom is 0.0931 e. The van der Waals surface area contributed by atoms with Crippen molar-refractivity contribution < 1.29 is 0 Å². The van der Waals surface area contributed by atoms with Gasteiger partial charge in [0.2, 0.25) is 0 Å². The fourth-order valence-corrected chi connectivity index (χ4v) is 2.77. The van der Waals surface area contributed by atoms with Gasteiger partial charge >= 0.3 is 0 Å². The van der Waals surface area contributed by atoms with Crippen LogP contribution in [-0.4, -0.2) is 6.04 Å². The molecule has 1 aliphatic rings. The summed E-state index contributed by atoms with van der Waals surface area (Å²) in [4.78, 5) is 1.33. The number of nitrogens with one attached hydrogen (secondary N) is 1. The second-order valence-electron chi connectivity index (χ2n) is 4.78. The van der Waals surface area contributed by atoms with Gasteiger partial charge in [0, 0.05) is 17.0 Å². The van der Waals surface area contributed by atoms with E-state index in [9.17, 15) is 0 Å². The third kappa shape index (κ3) is 2.13. The van der Waals surface area contributed by atoms with Gasteiger partial charge in [-0.25, -0.2) is 0 Å². The van der Waals surface area contributed by atoms with Crippen molar-refractivity contribution in [2.75, 3.05) is 0 Å². The van der Waals surface area contributed by atoms with Gasteiger partial charge in [0.05, 0.1) is 4.34 Å². The number of halogens is 1. The van der Waals surface area contributed by atoms with Gasteiger partial charge in [-0.3, -0.25) is 0 Å². The minimum absolute atomic E-state index is 0.430. The molecule has 0 bridgehead atoms. The van der Waals surface area contributed by atoms with Crippen LogP contribution in [0.25, 0.3) is 0 Å². The molecule has 0 aliphatic heterocycles. The Morgan fingerprint density at radius 2 is 2.21 bits per heavy atom. The lowest BCUT2D eigenvalue weighted by Crippen LogP contribution is -2.23. The second kappa shape index (κ2) is 3.51.